The summed E-state index contributed by atoms with van der Waals surface area (Å²) in [5.41, 5.74) is 0. The van der Waals surface area contributed by atoms with E-state index in [0.717, 1.165) is 77.0 Å². The number of rotatable bonds is 57. The third-order valence-corrected chi connectivity index (χ3v) is 15.5. The van der Waals surface area contributed by atoms with Crippen LogP contribution in [0.15, 0.2) is 85.1 Å². The normalized spacial score (nSPS) is 19.1. The molecule has 0 bridgehead atoms. The van der Waals surface area contributed by atoms with E-state index in [4.69, 9.17) is 9.47 Å². The summed E-state index contributed by atoms with van der Waals surface area (Å²) >= 11 is 0. The number of nitrogens with one attached hydrogen (secondary N) is 1. The lowest BCUT2D eigenvalue weighted by atomic mass is 9.99. The number of allylic oxidation sites excluding steroid dienone is 13. The van der Waals surface area contributed by atoms with Crippen LogP contribution in [-0.2, 0) is 14.3 Å². The Hall–Kier alpha value is -2.63. The summed E-state index contributed by atoms with van der Waals surface area (Å²) in [7, 11) is 0. The molecule has 1 fully saturated rings. The van der Waals surface area contributed by atoms with Gasteiger partial charge >= 0.3 is 0 Å². The van der Waals surface area contributed by atoms with E-state index in [9.17, 15) is 30.3 Å². The summed E-state index contributed by atoms with van der Waals surface area (Å²) in [5, 5.41) is 54.6. The second kappa shape index (κ2) is 58.6. The monoisotopic (exact) mass is 1110 g/mol. The zero-order valence-electron chi connectivity index (χ0n) is 51.1. The van der Waals surface area contributed by atoms with Crippen LogP contribution in [-0.4, -0.2) is 87.5 Å². The van der Waals surface area contributed by atoms with E-state index in [2.05, 4.69) is 92.1 Å². The molecule has 7 unspecified atom stereocenters. The van der Waals surface area contributed by atoms with E-state index in [1.165, 1.54) is 199 Å². The number of hydrogen-bond acceptors (Lipinski definition) is 8. The fourth-order valence-electron chi connectivity index (χ4n) is 10.3. The zero-order chi connectivity index (χ0) is 57.2. The summed E-state index contributed by atoms with van der Waals surface area (Å²) < 4.78 is 11.3. The topological polar surface area (TPSA) is 149 Å². The summed E-state index contributed by atoms with van der Waals surface area (Å²) in [6, 6.07) is -0.806. The molecule has 0 radical (unpaired) electrons. The minimum Gasteiger partial charge on any atom is -0.394 e. The lowest BCUT2D eigenvalue weighted by Gasteiger charge is -2.40. The van der Waals surface area contributed by atoms with Crippen molar-refractivity contribution in [3.05, 3.63) is 85.1 Å². The molecule has 1 saturated heterocycles. The molecule has 0 aromatic heterocycles. The van der Waals surface area contributed by atoms with Gasteiger partial charge in [0.25, 0.3) is 0 Å². The molecule has 1 heterocycles. The van der Waals surface area contributed by atoms with Crippen molar-refractivity contribution in [1.82, 2.24) is 5.32 Å². The van der Waals surface area contributed by atoms with Crippen LogP contribution in [0.3, 0.4) is 0 Å². The summed E-state index contributed by atoms with van der Waals surface area (Å²) in [5.74, 6) is -0.174. The van der Waals surface area contributed by atoms with Gasteiger partial charge in [0.1, 0.15) is 24.4 Å². The highest BCUT2D eigenvalue weighted by atomic mass is 16.7. The van der Waals surface area contributed by atoms with Crippen molar-refractivity contribution in [2.45, 2.75) is 339 Å². The molecule has 9 nitrogen and oxygen atoms in total. The Morgan fingerprint density at radius 2 is 0.785 bits per heavy atom. The van der Waals surface area contributed by atoms with E-state index in [-0.39, 0.29) is 12.5 Å². The number of amides is 1. The molecule has 1 amide bonds. The summed E-state index contributed by atoms with van der Waals surface area (Å²) in [6.45, 7) is 3.68. The Kier molecular flexibility index (Phi) is 55.1. The average molecular weight is 1110 g/mol. The van der Waals surface area contributed by atoms with Crippen molar-refractivity contribution in [3.8, 4) is 0 Å². The van der Waals surface area contributed by atoms with Gasteiger partial charge in [-0.25, -0.2) is 0 Å². The number of aliphatic hydroxyl groups excluding tert-OH is 5. The highest BCUT2D eigenvalue weighted by molar-refractivity contribution is 5.76. The number of ether oxygens (including phenoxy) is 2. The van der Waals surface area contributed by atoms with Crippen molar-refractivity contribution in [2.75, 3.05) is 13.2 Å². The Morgan fingerprint density at radius 3 is 1.16 bits per heavy atom. The van der Waals surface area contributed by atoms with Crippen molar-refractivity contribution in [2.24, 2.45) is 0 Å². The van der Waals surface area contributed by atoms with Crippen LogP contribution >= 0.6 is 0 Å². The minimum atomic E-state index is -1.57. The van der Waals surface area contributed by atoms with Gasteiger partial charge < -0.3 is 40.3 Å². The first kappa shape index (κ1) is 74.4. The molecular formula is C70H125NO8. The molecule has 0 aromatic carbocycles. The molecule has 0 saturated carbocycles. The second-order valence-corrected chi connectivity index (χ2v) is 22.9. The molecule has 7 atom stereocenters. The molecule has 0 aliphatic carbocycles. The molecule has 0 spiro atoms. The van der Waals surface area contributed by atoms with Crippen LogP contribution in [0.1, 0.15) is 296 Å². The predicted octanol–water partition coefficient (Wildman–Crippen LogP) is 17.7. The molecule has 1 rings (SSSR count). The third kappa shape index (κ3) is 47.6. The lowest BCUT2D eigenvalue weighted by molar-refractivity contribution is -0.302. The van der Waals surface area contributed by atoms with E-state index in [1.807, 2.05) is 6.08 Å². The molecular weight excluding hydrogens is 983 g/mol. The largest absolute Gasteiger partial charge is 0.394 e. The fourth-order valence-corrected chi connectivity index (χ4v) is 10.3. The number of aliphatic hydroxyl groups is 5. The van der Waals surface area contributed by atoms with Crippen molar-refractivity contribution in [1.29, 1.82) is 0 Å². The molecule has 6 N–H and O–H groups in total. The van der Waals surface area contributed by atoms with Gasteiger partial charge in [-0.2, -0.15) is 0 Å². The van der Waals surface area contributed by atoms with Crippen molar-refractivity contribution in [3.63, 3.8) is 0 Å². The highest BCUT2D eigenvalue weighted by Crippen LogP contribution is 2.23. The lowest BCUT2D eigenvalue weighted by Crippen LogP contribution is -2.60. The molecule has 0 aromatic rings. The van der Waals surface area contributed by atoms with E-state index < -0.39 is 49.5 Å². The SMILES string of the molecule is CC/C=C\C/C=C\C/C=C\C/C=C\C/C=C\C/C=C\CCCCCCCCCCCCCCCCCCCCCCCCC(=O)NC(COC1OC(CO)C(O)C(O)C1O)C(O)/C=C/CCCCCCCCCCCCCCC. The first-order chi connectivity index (χ1) is 38.8. The van der Waals surface area contributed by atoms with Crippen molar-refractivity contribution >= 4 is 5.91 Å². The molecule has 458 valence electrons. The van der Waals surface area contributed by atoms with Gasteiger partial charge in [0.05, 0.1) is 25.4 Å². The number of carbonyl (C=O) groups is 1. The predicted molar refractivity (Wildman–Crippen MR) is 336 cm³/mol. The minimum absolute atomic E-state index is 0.174. The molecule has 1 aliphatic rings. The Bertz CT molecular complexity index is 1520. The Balaban J connectivity index is 2.05. The van der Waals surface area contributed by atoms with Gasteiger partial charge in [-0.1, -0.05) is 304 Å². The third-order valence-electron chi connectivity index (χ3n) is 15.5. The number of hydrogen-bond donors (Lipinski definition) is 6. The quantitative estimate of drug-likeness (QED) is 0.0261. The van der Waals surface area contributed by atoms with Crippen LogP contribution < -0.4 is 5.32 Å². The summed E-state index contributed by atoms with van der Waals surface area (Å²) in [4.78, 5) is 13.1. The highest BCUT2D eigenvalue weighted by Gasteiger charge is 2.44. The maximum absolute atomic E-state index is 13.1. The van der Waals surface area contributed by atoms with Crippen LogP contribution in [0.2, 0.25) is 0 Å². The maximum atomic E-state index is 13.1. The first-order valence-electron chi connectivity index (χ1n) is 33.3. The number of unbranched alkanes of at least 4 members (excludes halogenated alkanes) is 35. The fraction of sp³-hybridized carbons (Fsp3) is 0.786. The molecule has 9 heteroatoms. The zero-order valence-corrected chi connectivity index (χ0v) is 51.1. The maximum Gasteiger partial charge on any atom is 0.220 e. The van der Waals surface area contributed by atoms with Gasteiger partial charge in [-0.15, -0.1) is 0 Å². The molecule has 79 heavy (non-hydrogen) atoms. The van der Waals surface area contributed by atoms with E-state index >= 15 is 0 Å². The van der Waals surface area contributed by atoms with Gasteiger partial charge in [0.2, 0.25) is 5.91 Å². The smallest absolute Gasteiger partial charge is 0.220 e. The van der Waals surface area contributed by atoms with E-state index in [0.29, 0.717) is 6.42 Å². The Labute approximate surface area is 486 Å². The number of carbonyl (C=O) groups excluding carboxylic acids is 1. The van der Waals surface area contributed by atoms with Gasteiger partial charge in [0.15, 0.2) is 6.29 Å². The van der Waals surface area contributed by atoms with E-state index in [1.54, 1.807) is 6.08 Å². The standard InChI is InChI=1S/C70H125NO8/c1-3-5-7-9-11-13-15-17-19-20-21-22-23-24-25-26-27-28-29-30-31-32-33-34-35-36-37-38-39-40-41-42-43-44-46-48-50-52-54-56-58-60-66(74)71-63(62-78-70-69(77)68(76)67(75)65(61-72)79-70)64(73)59-57-55-53-51-49-47-45-18-16-14-12-10-8-6-4-2/h5,7,11,13,17,19,21-22,24-25,27-28,57,59,63-65,67-70,72-73,75-77H,3-4,6,8-10,12,14-16,18,20,23,26,29-56,58,60-62H2,1-2H3,(H,71,74)/b7-5-,13-11-,19-17-,22-21-,25-24-,28-27-,59-57+. The van der Waals surface area contributed by atoms with Crippen LogP contribution in [0.25, 0.3) is 0 Å². The van der Waals surface area contributed by atoms with Crippen molar-refractivity contribution < 1.29 is 39.8 Å². The Morgan fingerprint density at radius 1 is 0.443 bits per heavy atom. The first-order valence-corrected chi connectivity index (χ1v) is 33.3. The van der Waals surface area contributed by atoms with Gasteiger partial charge in [0, 0.05) is 6.42 Å². The molecule has 1 aliphatic heterocycles. The van der Waals surface area contributed by atoms with Gasteiger partial charge in [-0.05, 0) is 70.6 Å². The van der Waals surface area contributed by atoms with Crippen LogP contribution in [0.4, 0.5) is 0 Å². The van der Waals surface area contributed by atoms with Crippen LogP contribution in [0.5, 0.6) is 0 Å². The van der Waals surface area contributed by atoms with Gasteiger partial charge in [-0.3, -0.25) is 4.79 Å². The van der Waals surface area contributed by atoms with Crippen LogP contribution in [0, 0.1) is 0 Å². The summed E-state index contributed by atoms with van der Waals surface area (Å²) in [6.07, 6.45) is 76.9. The second-order valence-electron chi connectivity index (χ2n) is 22.9. The average Bonchev–Trinajstić information content (AvgIpc) is 3.46.